The smallest absolute Gasteiger partial charge is 0.150 e. The average Bonchev–Trinajstić information content (AvgIpc) is 3.39. The minimum Gasteiger partial charge on any atom is -0.340 e. The lowest BCUT2D eigenvalue weighted by atomic mass is 10.1. The monoisotopic (exact) mass is 576 g/mol. The highest BCUT2D eigenvalue weighted by Gasteiger charge is 2.13. The first-order valence-electron chi connectivity index (χ1n) is 15.9. The van der Waals surface area contributed by atoms with Crippen LogP contribution in [0.25, 0.3) is 34.0 Å². The number of anilines is 3. The van der Waals surface area contributed by atoms with Crippen LogP contribution in [0.4, 0.5) is 17.1 Å². The Kier molecular flexibility index (Phi) is 9.32. The maximum Gasteiger partial charge on any atom is 0.150 e. The van der Waals surface area contributed by atoms with Crippen LogP contribution >= 0.6 is 0 Å². The fraction of sp³-hybridized carbons (Fsp3) is 0.195. The van der Waals surface area contributed by atoms with Crippen LogP contribution in [-0.2, 0) is 6.54 Å². The lowest BCUT2D eigenvalue weighted by Gasteiger charge is -2.25. The summed E-state index contributed by atoms with van der Waals surface area (Å²) in [5.74, 6) is 0. The molecule has 0 bridgehead atoms. The number of benzene rings is 5. The number of carbonyl (C=O) groups excluding carboxylic acids is 1. The van der Waals surface area contributed by atoms with Crippen LogP contribution in [0.3, 0.4) is 0 Å². The number of hydrogen-bond acceptors (Lipinski definition) is 2. The summed E-state index contributed by atoms with van der Waals surface area (Å²) in [7, 11) is 0. The Bertz CT molecular complexity index is 1810. The first-order chi connectivity index (χ1) is 21.7. The van der Waals surface area contributed by atoms with Crippen LogP contribution in [0.1, 0.15) is 66.9 Å². The summed E-state index contributed by atoms with van der Waals surface area (Å²) >= 11 is 0. The predicted molar refractivity (Wildman–Crippen MR) is 188 cm³/mol. The Hall–Kier alpha value is -4.89. The zero-order valence-electron chi connectivity index (χ0n) is 25.5. The highest BCUT2D eigenvalue weighted by Crippen LogP contribution is 2.35. The van der Waals surface area contributed by atoms with Gasteiger partial charge in [-0.1, -0.05) is 106 Å². The third-order valence-electron chi connectivity index (χ3n) is 8.43. The molecule has 0 aliphatic heterocycles. The molecule has 1 heterocycles. The lowest BCUT2D eigenvalue weighted by Crippen LogP contribution is -2.09. The van der Waals surface area contributed by atoms with Crippen LogP contribution in [0.5, 0.6) is 0 Å². The fourth-order valence-electron chi connectivity index (χ4n) is 6.14. The van der Waals surface area contributed by atoms with Gasteiger partial charge in [-0.2, -0.15) is 0 Å². The molecule has 0 saturated carbocycles. The summed E-state index contributed by atoms with van der Waals surface area (Å²) in [6.07, 6.45) is 12.9. The number of rotatable bonds is 13. The van der Waals surface area contributed by atoms with E-state index >= 15 is 0 Å². The maximum atomic E-state index is 11.6. The number of fused-ring (bicyclic) bond motifs is 3. The largest absolute Gasteiger partial charge is 0.340 e. The van der Waals surface area contributed by atoms with Crippen molar-refractivity contribution in [3.05, 3.63) is 138 Å². The van der Waals surface area contributed by atoms with Gasteiger partial charge in [0, 0.05) is 51.0 Å². The number of nitrogens with zero attached hydrogens (tertiary/aromatic N) is 2. The third kappa shape index (κ3) is 6.53. The molecule has 3 heteroatoms. The van der Waals surface area contributed by atoms with Crippen LogP contribution in [0.2, 0.25) is 0 Å². The van der Waals surface area contributed by atoms with Gasteiger partial charge in [0.15, 0.2) is 0 Å². The van der Waals surface area contributed by atoms with Crippen molar-refractivity contribution in [3.8, 4) is 0 Å². The van der Waals surface area contributed by atoms with Crippen molar-refractivity contribution in [2.24, 2.45) is 0 Å². The highest BCUT2D eigenvalue weighted by atomic mass is 16.1. The van der Waals surface area contributed by atoms with E-state index in [-0.39, 0.29) is 0 Å². The van der Waals surface area contributed by atoms with E-state index < -0.39 is 0 Å². The van der Waals surface area contributed by atoms with Gasteiger partial charge >= 0.3 is 0 Å². The van der Waals surface area contributed by atoms with Gasteiger partial charge in [0.05, 0.1) is 0 Å². The van der Waals surface area contributed by atoms with Crippen molar-refractivity contribution >= 4 is 57.3 Å². The molecule has 5 aromatic carbocycles. The molecule has 1 aromatic heterocycles. The fourth-order valence-corrected chi connectivity index (χ4v) is 6.14. The highest BCUT2D eigenvalue weighted by molar-refractivity contribution is 6.10. The summed E-state index contributed by atoms with van der Waals surface area (Å²) in [4.78, 5) is 13.9. The summed E-state index contributed by atoms with van der Waals surface area (Å²) in [6, 6.07) is 42.5. The topological polar surface area (TPSA) is 25.2 Å². The van der Waals surface area contributed by atoms with E-state index in [9.17, 15) is 4.79 Å². The van der Waals surface area contributed by atoms with E-state index in [4.69, 9.17) is 0 Å². The van der Waals surface area contributed by atoms with Crippen LogP contribution < -0.4 is 4.90 Å². The van der Waals surface area contributed by atoms with Crippen LogP contribution in [-0.4, -0.2) is 10.9 Å². The van der Waals surface area contributed by atoms with Gasteiger partial charge in [0.2, 0.25) is 0 Å². The number of para-hydroxylation sites is 2. The molecule has 3 nitrogen and oxygen atoms in total. The Morgan fingerprint density at radius 2 is 1.05 bits per heavy atom. The van der Waals surface area contributed by atoms with Gasteiger partial charge in [-0.05, 0) is 84.3 Å². The molecule has 0 aliphatic carbocycles. The average molecular weight is 577 g/mol. The first-order valence-corrected chi connectivity index (χ1v) is 15.9. The molecule has 220 valence electrons. The molecule has 0 spiro atoms. The van der Waals surface area contributed by atoms with Crippen LogP contribution in [0, 0.1) is 0 Å². The summed E-state index contributed by atoms with van der Waals surface area (Å²) in [5, 5.41) is 2.35. The molecule has 0 unspecified atom stereocenters. The van der Waals surface area contributed by atoms with Crippen molar-refractivity contribution in [2.75, 3.05) is 4.90 Å². The molecule has 0 fully saturated rings. The van der Waals surface area contributed by atoms with E-state index in [1.807, 2.05) is 24.3 Å². The zero-order valence-corrected chi connectivity index (χ0v) is 25.5. The molecule has 0 saturated heterocycles. The number of aryl methyl sites for hydroxylation is 1. The van der Waals surface area contributed by atoms with Crippen molar-refractivity contribution < 1.29 is 4.79 Å². The summed E-state index contributed by atoms with van der Waals surface area (Å²) < 4.78 is 2.44. The molecule has 0 radical (unpaired) electrons. The number of aromatic nitrogens is 1. The van der Waals surface area contributed by atoms with E-state index in [2.05, 4.69) is 126 Å². The quantitative estimate of drug-likeness (QED) is 0.0776. The van der Waals surface area contributed by atoms with Crippen molar-refractivity contribution in [1.29, 1.82) is 0 Å². The second-order valence-electron chi connectivity index (χ2n) is 11.5. The molecule has 0 aliphatic rings. The van der Waals surface area contributed by atoms with Gasteiger partial charge in [0.1, 0.15) is 6.29 Å². The number of carbonyl (C=O) groups is 1. The molecule has 0 N–H and O–H groups in total. The minimum absolute atomic E-state index is 0.720. The maximum absolute atomic E-state index is 11.6. The van der Waals surface area contributed by atoms with Crippen LogP contribution in [0.15, 0.2) is 121 Å². The Morgan fingerprint density at radius 3 is 1.66 bits per heavy atom. The molecule has 44 heavy (non-hydrogen) atoms. The van der Waals surface area contributed by atoms with Gasteiger partial charge in [0.25, 0.3) is 0 Å². The molecular formula is C41H40N2O. The minimum atomic E-state index is 0.720. The standard InChI is InChI=1S/C41H40N2O/c1-2-3-4-5-6-13-28-42-40-26-22-33(29-38(40)39-30-34(31-44)23-27-41(39)42)19-18-32-20-24-37(25-21-32)43(35-14-9-7-10-15-35)36-16-11-8-12-17-36/h7-12,14-27,29-31H,2-6,13,28H2,1H3/b19-18+. The zero-order chi connectivity index (χ0) is 30.1. The Balaban J connectivity index is 1.26. The van der Waals surface area contributed by atoms with Crippen molar-refractivity contribution in [3.63, 3.8) is 0 Å². The van der Waals surface area contributed by atoms with E-state index in [1.54, 1.807) is 0 Å². The van der Waals surface area contributed by atoms with Gasteiger partial charge in [-0.15, -0.1) is 0 Å². The first kappa shape index (κ1) is 29.2. The Labute approximate surface area is 261 Å². The van der Waals surface area contributed by atoms with E-state index in [1.165, 1.54) is 54.9 Å². The SMILES string of the molecule is CCCCCCCCn1c2ccc(C=O)cc2c2cc(/C=C/c3ccc(N(c4ccccc4)c4ccccc4)cc3)ccc21. The van der Waals surface area contributed by atoms with E-state index in [0.717, 1.165) is 52.0 Å². The second kappa shape index (κ2) is 14.1. The number of aldehydes is 1. The van der Waals surface area contributed by atoms with Gasteiger partial charge < -0.3 is 9.47 Å². The Morgan fingerprint density at radius 1 is 0.545 bits per heavy atom. The molecule has 6 rings (SSSR count). The summed E-state index contributed by atoms with van der Waals surface area (Å²) in [6.45, 7) is 3.26. The van der Waals surface area contributed by atoms with Crippen molar-refractivity contribution in [1.82, 2.24) is 4.57 Å². The third-order valence-corrected chi connectivity index (χ3v) is 8.43. The second-order valence-corrected chi connectivity index (χ2v) is 11.5. The molecule has 0 atom stereocenters. The van der Waals surface area contributed by atoms with Gasteiger partial charge in [-0.25, -0.2) is 0 Å². The predicted octanol–water partition coefficient (Wildman–Crippen LogP) is 11.6. The normalized spacial score (nSPS) is 11.5. The van der Waals surface area contributed by atoms with Gasteiger partial charge in [-0.3, -0.25) is 4.79 Å². The summed E-state index contributed by atoms with van der Waals surface area (Å²) in [5.41, 5.74) is 8.82. The van der Waals surface area contributed by atoms with E-state index in [0.29, 0.717) is 0 Å². The number of unbranched alkanes of at least 4 members (excludes halogenated alkanes) is 5. The molecule has 6 aromatic rings. The lowest BCUT2D eigenvalue weighted by molar-refractivity contribution is 0.112. The number of hydrogen-bond donors (Lipinski definition) is 0. The molecular weight excluding hydrogens is 536 g/mol. The van der Waals surface area contributed by atoms with Crippen molar-refractivity contribution in [2.45, 2.75) is 52.0 Å². The molecule has 0 amide bonds.